The molecule has 2 aromatic heterocycles. The molecule has 0 fully saturated rings. The number of amides is 2. The Morgan fingerprint density at radius 3 is 2.61 bits per heavy atom. The van der Waals surface area contributed by atoms with Crippen molar-refractivity contribution in [1.82, 2.24) is 14.7 Å². The molecule has 0 spiro atoms. The van der Waals surface area contributed by atoms with Gasteiger partial charge in [0.2, 0.25) is 5.82 Å². The Labute approximate surface area is 168 Å². The van der Waals surface area contributed by atoms with E-state index in [1.54, 1.807) is 34.9 Å². The Kier molecular flexibility index (Phi) is 5.70. The maximum atomic E-state index is 12.9. The highest BCUT2D eigenvalue weighted by atomic mass is 35.5. The Balaban J connectivity index is 1.97. The predicted molar refractivity (Wildman–Crippen MR) is 111 cm³/mol. The van der Waals surface area contributed by atoms with Crippen LogP contribution in [0.5, 0.6) is 0 Å². The average Bonchev–Trinajstić information content (AvgIpc) is 3.02. The van der Waals surface area contributed by atoms with Crippen LogP contribution in [0.2, 0.25) is 5.02 Å². The molecular formula is C21H23ClN4O2. The standard InChI is InChI=1S/C21H23ClN4O2/c1-12(2)11-23-20(27)18-16-7-5-6-8-26(16)19(24-18)21(28)25-17-14(4)9-13(3)10-15(17)22/h5-10,12H,11H2,1-4H3,(H,23,27)(H,25,28). The largest absolute Gasteiger partial charge is 0.350 e. The summed E-state index contributed by atoms with van der Waals surface area (Å²) in [6.07, 6.45) is 1.71. The minimum atomic E-state index is -0.432. The third-order valence-corrected chi connectivity index (χ3v) is 4.61. The Morgan fingerprint density at radius 1 is 1.18 bits per heavy atom. The molecule has 0 radical (unpaired) electrons. The van der Waals surface area contributed by atoms with Gasteiger partial charge in [-0.2, -0.15) is 0 Å². The third-order valence-electron chi connectivity index (χ3n) is 4.31. The summed E-state index contributed by atoms with van der Waals surface area (Å²) in [6, 6.07) is 9.08. The van der Waals surface area contributed by atoms with E-state index in [0.717, 1.165) is 11.1 Å². The van der Waals surface area contributed by atoms with E-state index in [-0.39, 0.29) is 17.4 Å². The van der Waals surface area contributed by atoms with Crippen molar-refractivity contribution < 1.29 is 9.59 Å². The molecule has 3 rings (SSSR count). The van der Waals surface area contributed by atoms with Crippen LogP contribution in [-0.4, -0.2) is 27.7 Å². The number of carbonyl (C=O) groups is 2. The zero-order chi connectivity index (χ0) is 20.4. The van der Waals surface area contributed by atoms with Crippen LogP contribution >= 0.6 is 11.6 Å². The van der Waals surface area contributed by atoms with Gasteiger partial charge in [-0.25, -0.2) is 4.98 Å². The molecule has 6 nitrogen and oxygen atoms in total. The normalized spacial score (nSPS) is 11.1. The van der Waals surface area contributed by atoms with Gasteiger partial charge >= 0.3 is 0 Å². The number of rotatable bonds is 5. The van der Waals surface area contributed by atoms with Gasteiger partial charge in [0.05, 0.1) is 16.2 Å². The van der Waals surface area contributed by atoms with Crippen LogP contribution in [0.25, 0.3) is 5.52 Å². The number of aryl methyl sites for hydroxylation is 2. The highest BCUT2D eigenvalue weighted by molar-refractivity contribution is 6.34. The molecule has 3 aromatic rings. The van der Waals surface area contributed by atoms with E-state index in [1.807, 2.05) is 33.8 Å². The van der Waals surface area contributed by atoms with Gasteiger partial charge in [-0.05, 0) is 49.1 Å². The van der Waals surface area contributed by atoms with Gasteiger partial charge in [0, 0.05) is 12.7 Å². The number of aromatic nitrogens is 2. The second-order valence-corrected chi connectivity index (χ2v) is 7.64. The van der Waals surface area contributed by atoms with Crippen LogP contribution in [0.15, 0.2) is 36.5 Å². The molecule has 0 atom stereocenters. The molecule has 0 saturated heterocycles. The van der Waals surface area contributed by atoms with Gasteiger partial charge in [0.15, 0.2) is 5.69 Å². The molecule has 0 aliphatic carbocycles. The quantitative estimate of drug-likeness (QED) is 0.674. The number of hydrogen-bond donors (Lipinski definition) is 2. The van der Waals surface area contributed by atoms with Crippen LogP contribution in [0.3, 0.4) is 0 Å². The fraction of sp³-hybridized carbons (Fsp3) is 0.286. The van der Waals surface area contributed by atoms with E-state index in [1.165, 1.54) is 0 Å². The SMILES string of the molecule is Cc1cc(C)c(NC(=O)c2nc(C(=O)NCC(C)C)c3ccccn23)c(Cl)c1. The van der Waals surface area contributed by atoms with Gasteiger partial charge in [-0.1, -0.05) is 37.6 Å². The monoisotopic (exact) mass is 398 g/mol. The number of pyridine rings is 1. The van der Waals surface area contributed by atoms with Crippen molar-refractivity contribution >= 4 is 34.6 Å². The fourth-order valence-corrected chi connectivity index (χ4v) is 3.36. The number of hydrogen-bond acceptors (Lipinski definition) is 3. The van der Waals surface area contributed by atoms with Crippen molar-refractivity contribution in [2.75, 3.05) is 11.9 Å². The lowest BCUT2D eigenvalue weighted by atomic mass is 10.1. The zero-order valence-electron chi connectivity index (χ0n) is 16.3. The lowest BCUT2D eigenvalue weighted by molar-refractivity contribution is 0.0946. The first kappa shape index (κ1) is 19.9. The Bertz CT molecular complexity index is 1030. The first-order chi connectivity index (χ1) is 13.3. The summed E-state index contributed by atoms with van der Waals surface area (Å²) >= 11 is 6.31. The smallest absolute Gasteiger partial charge is 0.292 e. The maximum absolute atomic E-state index is 12.9. The molecular weight excluding hydrogens is 376 g/mol. The number of nitrogens with one attached hydrogen (secondary N) is 2. The van der Waals surface area contributed by atoms with Crippen LogP contribution in [-0.2, 0) is 0 Å². The number of carbonyl (C=O) groups excluding carboxylic acids is 2. The summed E-state index contributed by atoms with van der Waals surface area (Å²) < 4.78 is 1.61. The Hall–Kier alpha value is -2.86. The van der Waals surface area contributed by atoms with Crippen molar-refractivity contribution in [3.05, 3.63) is 64.2 Å². The molecule has 0 saturated carbocycles. The molecule has 0 aliphatic rings. The van der Waals surface area contributed by atoms with E-state index in [0.29, 0.717) is 28.7 Å². The summed E-state index contributed by atoms with van der Waals surface area (Å²) in [5, 5.41) is 6.14. The van der Waals surface area contributed by atoms with Crippen molar-refractivity contribution in [1.29, 1.82) is 0 Å². The summed E-state index contributed by atoms with van der Waals surface area (Å²) in [7, 11) is 0. The molecule has 0 bridgehead atoms. The molecule has 2 N–H and O–H groups in total. The number of fused-ring (bicyclic) bond motifs is 1. The molecule has 28 heavy (non-hydrogen) atoms. The lowest BCUT2D eigenvalue weighted by Crippen LogP contribution is -2.27. The van der Waals surface area contributed by atoms with Crippen molar-refractivity contribution in [2.24, 2.45) is 5.92 Å². The van der Waals surface area contributed by atoms with E-state index in [4.69, 9.17) is 11.6 Å². The van der Waals surface area contributed by atoms with E-state index < -0.39 is 5.91 Å². The first-order valence-corrected chi connectivity index (χ1v) is 9.49. The van der Waals surface area contributed by atoms with E-state index in [2.05, 4.69) is 15.6 Å². The van der Waals surface area contributed by atoms with Crippen LogP contribution < -0.4 is 10.6 Å². The van der Waals surface area contributed by atoms with Gasteiger partial charge in [-0.3, -0.25) is 14.0 Å². The van der Waals surface area contributed by atoms with Crippen molar-refractivity contribution in [3.8, 4) is 0 Å². The van der Waals surface area contributed by atoms with Crippen molar-refractivity contribution in [2.45, 2.75) is 27.7 Å². The third kappa shape index (κ3) is 4.02. The minimum Gasteiger partial charge on any atom is -0.350 e. The van der Waals surface area contributed by atoms with Gasteiger partial charge in [0.1, 0.15) is 0 Å². The summed E-state index contributed by atoms with van der Waals surface area (Å²) in [4.78, 5) is 29.8. The fourth-order valence-electron chi connectivity index (χ4n) is 2.99. The molecule has 2 amide bonds. The summed E-state index contributed by atoms with van der Waals surface area (Å²) in [5.74, 6) is -0.299. The highest BCUT2D eigenvalue weighted by Gasteiger charge is 2.22. The van der Waals surface area contributed by atoms with Gasteiger partial charge in [-0.15, -0.1) is 0 Å². The highest BCUT2D eigenvalue weighted by Crippen LogP contribution is 2.28. The topological polar surface area (TPSA) is 75.5 Å². The predicted octanol–water partition coefficient (Wildman–Crippen LogP) is 4.24. The maximum Gasteiger partial charge on any atom is 0.292 e. The van der Waals surface area contributed by atoms with Gasteiger partial charge < -0.3 is 10.6 Å². The second-order valence-electron chi connectivity index (χ2n) is 7.24. The first-order valence-electron chi connectivity index (χ1n) is 9.11. The number of benzene rings is 1. The van der Waals surface area contributed by atoms with E-state index >= 15 is 0 Å². The van der Waals surface area contributed by atoms with E-state index in [9.17, 15) is 9.59 Å². The van der Waals surface area contributed by atoms with Crippen molar-refractivity contribution in [3.63, 3.8) is 0 Å². The number of nitrogens with zero attached hydrogens (tertiary/aromatic N) is 2. The summed E-state index contributed by atoms with van der Waals surface area (Å²) in [5.41, 5.74) is 3.19. The number of imidazole rings is 1. The lowest BCUT2D eigenvalue weighted by Gasteiger charge is -2.11. The number of halogens is 1. The molecule has 7 heteroatoms. The molecule has 0 unspecified atom stereocenters. The summed E-state index contributed by atoms with van der Waals surface area (Å²) in [6.45, 7) is 8.37. The Morgan fingerprint density at radius 2 is 1.93 bits per heavy atom. The zero-order valence-corrected chi connectivity index (χ0v) is 17.1. The molecule has 1 aromatic carbocycles. The molecule has 2 heterocycles. The van der Waals surface area contributed by atoms with Crippen LogP contribution in [0.1, 0.15) is 46.1 Å². The average molecular weight is 399 g/mol. The minimum absolute atomic E-state index is 0.126. The molecule has 0 aliphatic heterocycles. The molecule has 146 valence electrons. The van der Waals surface area contributed by atoms with Crippen LogP contribution in [0, 0.1) is 19.8 Å². The number of anilines is 1. The second kappa shape index (κ2) is 8.02. The van der Waals surface area contributed by atoms with Crippen LogP contribution in [0.4, 0.5) is 5.69 Å². The van der Waals surface area contributed by atoms with Gasteiger partial charge in [0.25, 0.3) is 11.8 Å².